The fourth-order valence-corrected chi connectivity index (χ4v) is 4.39. The van der Waals surface area contributed by atoms with Crippen molar-refractivity contribution in [3.05, 3.63) is 22.4 Å². The number of hydrogen-bond acceptors (Lipinski definition) is 3. The molecule has 1 aliphatic heterocycles. The van der Waals surface area contributed by atoms with Crippen LogP contribution >= 0.6 is 11.3 Å². The van der Waals surface area contributed by atoms with E-state index in [1.807, 2.05) is 17.5 Å². The Morgan fingerprint density at radius 2 is 2.15 bits per heavy atom. The molecule has 0 spiro atoms. The summed E-state index contributed by atoms with van der Waals surface area (Å²) in [5.41, 5.74) is 0. The second-order valence-corrected chi connectivity index (χ2v) is 6.79. The number of nitrogens with zero attached hydrogens (tertiary/aromatic N) is 1. The largest absolute Gasteiger partial charge is 0.480 e. The molecule has 0 bridgehead atoms. The molecule has 0 aromatic carbocycles. The van der Waals surface area contributed by atoms with Crippen LogP contribution in [0, 0.1) is 5.92 Å². The Balaban J connectivity index is 1.79. The highest BCUT2D eigenvalue weighted by Crippen LogP contribution is 2.40. The van der Waals surface area contributed by atoms with Crippen LogP contribution in [-0.2, 0) is 16.0 Å². The summed E-state index contributed by atoms with van der Waals surface area (Å²) in [5, 5.41) is 11.4. The highest BCUT2D eigenvalue weighted by atomic mass is 32.1. The van der Waals surface area contributed by atoms with Crippen molar-refractivity contribution in [1.82, 2.24) is 4.90 Å². The van der Waals surface area contributed by atoms with Gasteiger partial charge in [-0.25, -0.2) is 4.79 Å². The topological polar surface area (TPSA) is 57.6 Å². The van der Waals surface area contributed by atoms with E-state index < -0.39 is 12.0 Å². The molecule has 2 heterocycles. The molecule has 4 nitrogen and oxygen atoms in total. The Bertz CT molecular complexity index is 499. The van der Waals surface area contributed by atoms with Crippen LogP contribution in [0.3, 0.4) is 0 Å². The smallest absolute Gasteiger partial charge is 0.326 e. The fourth-order valence-electron chi connectivity index (χ4n) is 3.69. The fraction of sp³-hybridized carbons (Fsp3) is 0.600. The molecule has 2 aliphatic rings. The minimum absolute atomic E-state index is 0.0192. The number of thiophene rings is 1. The molecule has 1 aromatic heterocycles. The summed E-state index contributed by atoms with van der Waals surface area (Å²) in [4.78, 5) is 26.7. The standard InChI is InChI=1S/C15H19NO3S/c17-14(9-11-5-3-7-20-11)16-12-6-2-1-4-10(12)8-13(16)15(18)19/h3,5,7,10,12-13H,1-2,4,6,8-9H2,(H,18,19)/t10-,12-,13+/m1/s1. The van der Waals surface area contributed by atoms with Gasteiger partial charge in [0.15, 0.2) is 0 Å². The number of amides is 1. The number of rotatable bonds is 3. The zero-order valence-corrected chi connectivity index (χ0v) is 12.1. The van der Waals surface area contributed by atoms with Gasteiger partial charge in [0.25, 0.3) is 0 Å². The van der Waals surface area contributed by atoms with Crippen molar-refractivity contribution in [3.8, 4) is 0 Å². The van der Waals surface area contributed by atoms with Gasteiger partial charge < -0.3 is 10.0 Å². The van der Waals surface area contributed by atoms with E-state index in [-0.39, 0.29) is 11.9 Å². The molecule has 2 fully saturated rings. The molecule has 1 saturated carbocycles. The summed E-state index contributed by atoms with van der Waals surface area (Å²) >= 11 is 1.55. The number of hydrogen-bond donors (Lipinski definition) is 1. The summed E-state index contributed by atoms with van der Waals surface area (Å²) < 4.78 is 0. The lowest BCUT2D eigenvalue weighted by Crippen LogP contribution is -2.46. The van der Waals surface area contributed by atoms with E-state index in [1.54, 1.807) is 16.2 Å². The van der Waals surface area contributed by atoms with Gasteiger partial charge in [0.2, 0.25) is 5.91 Å². The minimum atomic E-state index is -0.848. The summed E-state index contributed by atoms with van der Waals surface area (Å²) in [5.74, 6) is -0.481. The van der Waals surface area contributed by atoms with Gasteiger partial charge in [-0.05, 0) is 36.6 Å². The van der Waals surface area contributed by atoms with Crippen LogP contribution in [0.15, 0.2) is 17.5 Å². The first-order valence-corrected chi connectivity index (χ1v) is 8.11. The third kappa shape index (κ3) is 2.46. The van der Waals surface area contributed by atoms with Crippen molar-refractivity contribution < 1.29 is 14.7 Å². The Labute approximate surface area is 122 Å². The van der Waals surface area contributed by atoms with E-state index in [0.717, 1.165) is 24.1 Å². The Morgan fingerprint density at radius 1 is 1.35 bits per heavy atom. The molecule has 1 aliphatic carbocycles. The first-order chi connectivity index (χ1) is 9.66. The van der Waals surface area contributed by atoms with Gasteiger partial charge in [-0.15, -0.1) is 11.3 Å². The molecule has 0 unspecified atom stereocenters. The molecule has 108 valence electrons. The minimum Gasteiger partial charge on any atom is -0.480 e. The van der Waals surface area contributed by atoms with E-state index in [9.17, 15) is 14.7 Å². The van der Waals surface area contributed by atoms with Gasteiger partial charge >= 0.3 is 5.97 Å². The molecule has 1 amide bonds. The van der Waals surface area contributed by atoms with Crippen LogP contribution in [-0.4, -0.2) is 34.0 Å². The molecule has 1 N–H and O–H groups in total. The first-order valence-electron chi connectivity index (χ1n) is 7.23. The second kappa shape index (κ2) is 5.56. The van der Waals surface area contributed by atoms with Gasteiger partial charge in [-0.3, -0.25) is 4.79 Å². The predicted molar refractivity (Wildman–Crippen MR) is 76.7 cm³/mol. The Morgan fingerprint density at radius 3 is 2.85 bits per heavy atom. The average molecular weight is 293 g/mol. The van der Waals surface area contributed by atoms with E-state index in [2.05, 4.69) is 0 Å². The second-order valence-electron chi connectivity index (χ2n) is 5.76. The maximum absolute atomic E-state index is 12.6. The van der Waals surface area contributed by atoms with Crippen molar-refractivity contribution >= 4 is 23.2 Å². The normalized spacial score (nSPS) is 29.2. The lowest BCUT2D eigenvalue weighted by molar-refractivity contribution is -0.149. The number of carboxylic acids is 1. The Kier molecular flexibility index (Phi) is 3.78. The number of aliphatic carboxylic acids is 1. The van der Waals surface area contributed by atoms with Gasteiger partial charge in [0.05, 0.1) is 6.42 Å². The maximum Gasteiger partial charge on any atom is 0.326 e. The SMILES string of the molecule is O=C(O)[C@@H]1C[C@H]2CCCC[C@H]2N1C(=O)Cc1cccs1. The first kappa shape index (κ1) is 13.6. The zero-order valence-electron chi connectivity index (χ0n) is 11.3. The average Bonchev–Trinajstić information content (AvgIpc) is 3.04. The summed E-state index contributed by atoms with van der Waals surface area (Å²) in [6.07, 6.45) is 5.28. The van der Waals surface area contributed by atoms with Gasteiger partial charge in [0, 0.05) is 10.9 Å². The van der Waals surface area contributed by atoms with E-state index >= 15 is 0 Å². The van der Waals surface area contributed by atoms with Crippen LogP contribution in [0.4, 0.5) is 0 Å². The number of carboxylic acid groups (broad SMARTS) is 1. The van der Waals surface area contributed by atoms with E-state index in [4.69, 9.17) is 0 Å². The van der Waals surface area contributed by atoms with E-state index in [1.165, 1.54) is 6.42 Å². The quantitative estimate of drug-likeness (QED) is 0.931. The molecular weight excluding hydrogens is 274 g/mol. The van der Waals surface area contributed by atoms with Gasteiger partial charge in [-0.2, -0.15) is 0 Å². The number of likely N-dealkylation sites (tertiary alicyclic amines) is 1. The maximum atomic E-state index is 12.6. The monoisotopic (exact) mass is 293 g/mol. The van der Waals surface area contributed by atoms with Gasteiger partial charge in [0.1, 0.15) is 6.04 Å². The third-order valence-corrected chi connectivity index (χ3v) is 5.44. The summed E-state index contributed by atoms with van der Waals surface area (Å²) in [6, 6.07) is 3.40. The van der Waals surface area contributed by atoms with Crippen molar-refractivity contribution in [2.24, 2.45) is 5.92 Å². The van der Waals surface area contributed by atoms with E-state index in [0.29, 0.717) is 18.8 Å². The van der Waals surface area contributed by atoms with Crippen LogP contribution in [0.1, 0.15) is 37.0 Å². The zero-order chi connectivity index (χ0) is 14.1. The summed E-state index contributed by atoms with van der Waals surface area (Å²) in [7, 11) is 0. The molecule has 3 rings (SSSR count). The molecule has 1 aromatic rings. The molecule has 5 heteroatoms. The van der Waals surface area contributed by atoms with Crippen LogP contribution in [0.2, 0.25) is 0 Å². The molecule has 1 saturated heterocycles. The van der Waals surface area contributed by atoms with Crippen molar-refractivity contribution in [2.45, 2.75) is 50.6 Å². The molecule has 0 radical (unpaired) electrons. The van der Waals surface area contributed by atoms with Crippen LogP contribution < -0.4 is 0 Å². The highest BCUT2D eigenvalue weighted by Gasteiger charge is 2.47. The molecule has 20 heavy (non-hydrogen) atoms. The molecule has 3 atom stereocenters. The summed E-state index contributed by atoms with van der Waals surface area (Å²) in [6.45, 7) is 0. The third-order valence-electron chi connectivity index (χ3n) is 4.57. The Hall–Kier alpha value is -1.36. The number of carbonyl (C=O) groups excluding carboxylic acids is 1. The van der Waals surface area contributed by atoms with Crippen molar-refractivity contribution in [3.63, 3.8) is 0 Å². The van der Waals surface area contributed by atoms with Crippen LogP contribution in [0.5, 0.6) is 0 Å². The van der Waals surface area contributed by atoms with Crippen molar-refractivity contribution in [1.29, 1.82) is 0 Å². The predicted octanol–water partition coefficient (Wildman–Crippen LogP) is 2.53. The van der Waals surface area contributed by atoms with Crippen molar-refractivity contribution in [2.75, 3.05) is 0 Å². The molecular formula is C15H19NO3S. The lowest BCUT2D eigenvalue weighted by Gasteiger charge is -2.33. The number of fused-ring (bicyclic) bond motifs is 1. The van der Waals surface area contributed by atoms with Crippen LogP contribution in [0.25, 0.3) is 0 Å². The lowest BCUT2D eigenvalue weighted by atomic mass is 9.84. The van der Waals surface area contributed by atoms with Gasteiger partial charge in [-0.1, -0.05) is 18.9 Å². The highest BCUT2D eigenvalue weighted by molar-refractivity contribution is 7.10. The number of carbonyl (C=O) groups is 2.